The van der Waals surface area contributed by atoms with Gasteiger partial charge in [-0.25, -0.2) is 0 Å². The molecule has 0 aliphatic carbocycles. The van der Waals surface area contributed by atoms with Crippen molar-refractivity contribution in [3.8, 4) is 11.8 Å². The van der Waals surface area contributed by atoms with Crippen LogP contribution in [0.4, 0.5) is 11.4 Å². The van der Waals surface area contributed by atoms with Gasteiger partial charge in [-0.2, -0.15) is 5.26 Å². The van der Waals surface area contributed by atoms with Crippen molar-refractivity contribution in [2.75, 3.05) is 11.5 Å². The molecule has 0 spiro atoms. The van der Waals surface area contributed by atoms with E-state index in [1.807, 2.05) is 24.3 Å². The lowest BCUT2D eigenvalue weighted by Gasteiger charge is -2.19. The Labute approximate surface area is 191 Å². The summed E-state index contributed by atoms with van der Waals surface area (Å²) in [5, 5.41) is 9.44. The molecule has 0 aliphatic heterocycles. The van der Waals surface area contributed by atoms with Gasteiger partial charge in [0.15, 0.2) is 11.0 Å². The minimum Gasteiger partial charge on any atom is -0.494 e. The molecular formula is C27H22N2O4. The molecule has 33 heavy (non-hydrogen) atoms. The number of aryl methyl sites for hydroxylation is 1. The molecule has 0 saturated carbocycles. The number of hydrogen-bond acceptors (Lipinski definition) is 5. The monoisotopic (exact) mass is 438 g/mol. The summed E-state index contributed by atoms with van der Waals surface area (Å²) < 4.78 is 11.4. The van der Waals surface area contributed by atoms with E-state index < -0.39 is 0 Å². The molecule has 0 fully saturated rings. The summed E-state index contributed by atoms with van der Waals surface area (Å²) in [4.78, 5) is 25.6. The Morgan fingerprint density at radius 3 is 2.48 bits per heavy atom. The number of benzene rings is 3. The summed E-state index contributed by atoms with van der Waals surface area (Å²) in [6.45, 7) is 0.606. The zero-order valence-electron chi connectivity index (χ0n) is 17.9. The number of carbonyl (C=O) groups is 1. The molecule has 0 unspecified atom stereocenters. The van der Waals surface area contributed by atoms with Crippen molar-refractivity contribution >= 4 is 28.8 Å². The highest BCUT2D eigenvalue weighted by Gasteiger charge is 2.16. The normalized spacial score (nSPS) is 10.5. The molecule has 0 saturated heterocycles. The van der Waals surface area contributed by atoms with Crippen LogP contribution in [0.15, 0.2) is 88.1 Å². The van der Waals surface area contributed by atoms with E-state index in [0.717, 1.165) is 25.3 Å². The van der Waals surface area contributed by atoms with Gasteiger partial charge in [0.2, 0.25) is 12.2 Å². The van der Waals surface area contributed by atoms with Crippen LogP contribution in [0.2, 0.25) is 0 Å². The molecule has 6 heteroatoms. The Morgan fingerprint density at radius 1 is 0.970 bits per heavy atom. The smallest absolute Gasteiger partial charge is 0.218 e. The van der Waals surface area contributed by atoms with Crippen molar-refractivity contribution in [3.05, 3.63) is 100 Å². The first-order chi connectivity index (χ1) is 16.2. The van der Waals surface area contributed by atoms with Crippen molar-refractivity contribution in [1.82, 2.24) is 0 Å². The molecule has 164 valence electrons. The van der Waals surface area contributed by atoms with Crippen LogP contribution in [0, 0.1) is 11.3 Å². The van der Waals surface area contributed by atoms with Gasteiger partial charge in [-0.15, -0.1) is 0 Å². The largest absolute Gasteiger partial charge is 0.494 e. The Hall–Kier alpha value is -4.37. The van der Waals surface area contributed by atoms with Gasteiger partial charge in [0.25, 0.3) is 0 Å². The number of hydrogen-bond donors (Lipinski definition) is 0. The first-order valence-corrected chi connectivity index (χ1v) is 10.7. The molecule has 0 N–H and O–H groups in total. The van der Waals surface area contributed by atoms with E-state index in [9.17, 15) is 9.59 Å². The molecule has 6 nitrogen and oxygen atoms in total. The van der Waals surface area contributed by atoms with E-state index in [-0.39, 0.29) is 16.8 Å². The van der Waals surface area contributed by atoms with Crippen LogP contribution in [0.5, 0.6) is 5.75 Å². The fraction of sp³-hybridized carbons (Fsp3) is 0.148. The minimum atomic E-state index is -0.337. The van der Waals surface area contributed by atoms with Crippen LogP contribution in [-0.2, 0) is 11.2 Å². The minimum absolute atomic E-state index is 0.109. The Balaban J connectivity index is 1.44. The lowest BCUT2D eigenvalue weighted by Crippen LogP contribution is -2.15. The highest BCUT2D eigenvalue weighted by Crippen LogP contribution is 2.31. The van der Waals surface area contributed by atoms with Crippen molar-refractivity contribution in [2.45, 2.75) is 19.3 Å². The van der Waals surface area contributed by atoms with E-state index in [4.69, 9.17) is 14.4 Å². The van der Waals surface area contributed by atoms with E-state index in [2.05, 4.69) is 12.1 Å². The number of anilines is 2. The Bertz CT molecular complexity index is 1340. The molecule has 0 atom stereocenters. The van der Waals surface area contributed by atoms with Crippen LogP contribution < -0.4 is 15.1 Å². The maximum Gasteiger partial charge on any atom is 0.218 e. The molecule has 1 amide bonds. The van der Waals surface area contributed by atoms with Gasteiger partial charge in [-0.05, 0) is 61.2 Å². The fourth-order valence-corrected chi connectivity index (χ4v) is 3.63. The number of para-hydroxylation sites is 1. The molecule has 3 aromatic carbocycles. The number of carbonyl (C=O) groups excluding carboxylic acids is 1. The quantitative estimate of drug-likeness (QED) is 0.259. The highest BCUT2D eigenvalue weighted by atomic mass is 16.5. The van der Waals surface area contributed by atoms with E-state index >= 15 is 0 Å². The predicted octanol–water partition coefficient (Wildman–Crippen LogP) is 5.36. The molecule has 0 radical (unpaired) electrons. The second kappa shape index (κ2) is 10.3. The van der Waals surface area contributed by atoms with Gasteiger partial charge < -0.3 is 9.15 Å². The zero-order valence-corrected chi connectivity index (χ0v) is 17.9. The summed E-state index contributed by atoms with van der Waals surface area (Å²) in [5.41, 5.74) is 2.14. The lowest BCUT2D eigenvalue weighted by molar-refractivity contribution is -0.106. The summed E-state index contributed by atoms with van der Waals surface area (Å²) in [7, 11) is 0. The first kappa shape index (κ1) is 21.8. The number of fused-ring (bicyclic) bond motifs is 1. The number of nitrogens with zero attached hydrogens (tertiary/aromatic N) is 2. The van der Waals surface area contributed by atoms with E-state index in [1.54, 1.807) is 42.5 Å². The zero-order chi connectivity index (χ0) is 23.0. The van der Waals surface area contributed by atoms with Crippen molar-refractivity contribution in [1.29, 1.82) is 5.26 Å². The topological polar surface area (TPSA) is 83.5 Å². The summed E-state index contributed by atoms with van der Waals surface area (Å²) in [5.74, 6) is 0.599. The standard InChI is InChI=1S/C27H22N2O4/c28-18-23-17-26(31)24-10-6-11-25(27(24)33-23)29(19-30)21-12-14-22(15-13-21)32-16-5-4-9-20-7-2-1-3-8-20/h1-3,6-8,10-15,17,19H,4-5,9,16H2. The Morgan fingerprint density at radius 2 is 1.76 bits per heavy atom. The van der Waals surface area contributed by atoms with Gasteiger partial charge in [0.05, 0.1) is 17.7 Å². The second-order valence-corrected chi connectivity index (χ2v) is 7.50. The molecule has 4 rings (SSSR count). The number of rotatable bonds is 9. The van der Waals surface area contributed by atoms with Crippen LogP contribution in [-0.4, -0.2) is 13.0 Å². The summed E-state index contributed by atoms with van der Waals surface area (Å²) in [6.07, 6.45) is 3.64. The predicted molar refractivity (Wildman–Crippen MR) is 127 cm³/mol. The Kier molecular flexibility index (Phi) is 6.81. The maximum atomic E-state index is 12.3. The van der Waals surface area contributed by atoms with Crippen molar-refractivity contribution in [2.24, 2.45) is 0 Å². The van der Waals surface area contributed by atoms with Gasteiger partial charge in [0.1, 0.15) is 11.8 Å². The average Bonchev–Trinajstić information content (AvgIpc) is 2.86. The van der Waals surface area contributed by atoms with Crippen LogP contribution >= 0.6 is 0 Å². The average molecular weight is 438 g/mol. The molecule has 0 aliphatic rings. The third kappa shape index (κ3) is 5.10. The first-order valence-electron chi connectivity index (χ1n) is 10.7. The molecule has 4 aromatic rings. The van der Waals surface area contributed by atoms with Crippen LogP contribution in [0.3, 0.4) is 0 Å². The van der Waals surface area contributed by atoms with Gasteiger partial charge >= 0.3 is 0 Å². The van der Waals surface area contributed by atoms with Gasteiger partial charge in [0, 0.05) is 11.8 Å². The maximum absolute atomic E-state index is 12.3. The number of nitriles is 1. The van der Waals surface area contributed by atoms with Crippen molar-refractivity contribution < 1.29 is 13.9 Å². The third-order valence-electron chi connectivity index (χ3n) is 5.30. The SMILES string of the molecule is N#Cc1cc(=O)c2cccc(N(C=O)c3ccc(OCCCCc4ccccc4)cc3)c2o1. The third-order valence-corrected chi connectivity index (χ3v) is 5.30. The van der Waals surface area contributed by atoms with E-state index in [0.29, 0.717) is 35.5 Å². The van der Waals surface area contributed by atoms with Crippen LogP contribution in [0.1, 0.15) is 24.2 Å². The van der Waals surface area contributed by atoms with Gasteiger partial charge in [-0.1, -0.05) is 36.4 Å². The van der Waals surface area contributed by atoms with Gasteiger partial charge in [-0.3, -0.25) is 14.5 Å². The highest BCUT2D eigenvalue weighted by molar-refractivity contribution is 5.98. The lowest BCUT2D eigenvalue weighted by atomic mass is 10.1. The van der Waals surface area contributed by atoms with Crippen molar-refractivity contribution in [3.63, 3.8) is 0 Å². The fourth-order valence-electron chi connectivity index (χ4n) is 3.63. The number of unbranched alkanes of at least 4 members (excludes halogenated alkanes) is 1. The molecule has 1 aromatic heterocycles. The van der Waals surface area contributed by atoms with E-state index in [1.165, 1.54) is 10.5 Å². The number of ether oxygens (including phenoxy) is 1. The molecular weight excluding hydrogens is 416 g/mol. The summed E-state index contributed by atoms with van der Waals surface area (Å²) in [6, 6.07) is 25.4. The summed E-state index contributed by atoms with van der Waals surface area (Å²) >= 11 is 0. The van der Waals surface area contributed by atoms with Crippen LogP contribution in [0.25, 0.3) is 11.0 Å². The number of amides is 1. The molecule has 1 heterocycles. The molecule has 0 bridgehead atoms. The second-order valence-electron chi connectivity index (χ2n) is 7.50.